The molecular weight excluding hydrogens is 188 g/mol. The molecule has 1 aliphatic rings. The summed E-state index contributed by atoms with van der Waals surface area (Å²) in [7, 11) is -3.21. The highest BCUT2D eigenvalue weighted by Crippen LogP contribution is 2.07. The first-order chi connectivity index (χ1) is 6.08. The van der Waals surface area contributed by atoms with Gasteiger partial charge in [0.2, 0.25) is 10.0 Å². The minimum atomic E-state index is -3.21. The van der Waals surface area contributed by atoms with E-state index in [2.05, 4.69) is 9.93 Å². The number of rotatable bonds is 3. The SMILES string of the molecule is CS(=O)(=O)N/N=C\[C@@H]1C=CC=CC1. The molecule has 0 aromatic rings. The van der Waals surface area contributed by atoms with Gasteiger partial charge in [-0.2, -0.15) is 5.10 Å². The van der Waals surface area contributed by atoms with Crippen molar-refractivity contribution in [3.63, 3.8) is 0 Å². The fourth-order valence-corrected chi connectivity index (χ4v) is 1.18. The van der Waals surface area contributed by atoms with Crippen LogP contribution >= 0.6 is 0 Å². The number of allylic oxidation sites excluding steroid dienone is 4. The van der Waals surface area contributed by atoms with Gasteiger partial charge in [0.15, 0.2) is 0 Å². The Morgan fingerprint density at radius 2 is 2.31 bits per heavy atom. The van der Waals surface area contributed by atoms with E-state index >= 15 is 0 Å². The zero-order valence-electron chi connectivity index (χ0n) is 7.34. The van der Waals surface area contributed by atoms with Crippen LogP contribution in [-0.4, -0.2) is 20.9 Å². The number of nitrogens with one attached hydrogen (secondary N) is 1. The maximum atomic E-state index is 10.6. The van der Waals surface area contributed by atoms with Crippen molar-refractivity contribution < 1.29 is 8.42 Å². The van der Waals surface area contributed by atoms with Crippen LogP contribution < -0.4 is 4.83 Å². The highest BCUT2D eigenvalue weighted by atomic mass is 32.2. The monoisotopic (exact) mass is 200 g/mol. The van der Waals surface area contributed by atoms with Crippen molar-refractivity contribution in [1.29, 1.82) is 0 Å². The zero-order valence-corrected chi connectivity index (χ0v) is 8.16. The van der Waals surface area contributed by atoms with Gasteiger partial charge in [-0.15, -0.1) is 0 Å². The highest BCUT2D eigenvalue weighted by Gasteiger charge is 2.01. The van der Waals surface area contributed by atoms with Crippen LogP contribution in [0.15, 0.2) is 29.4 Å². The van der Waals surface area contributed by atoms with E-state index in [9.17, 15) is 8.42 Å². The third kappa shape index (κ3) is 4.47. The second-order valence-corrected chi connectivity index (χ2v) is 4.58. The smallest absolute Gasteiger partial charge is 0.206 e. The predicted molar refractivity (Wildman–Crippen MR) is 52.9 cm³/mol. The summed E-state index contributed by atoms with van der Waals surface area (Å²) < 4.78 is 21.2. The van der Waals surface area contributed by atoms with Gasteiger partial charge >= 0.3 is 0 Å². The summed E-state index contributed by atoms with van der Waals surface area (Å²) in [6, 6.07) is 0. The van der Waals surface area contributed by atoms with Gasteiger partial charge in [0.25, 0.3) is 0 Å². The minimum absolute atomic E-state index is 0.194. The summed E-state index contributed by atoms with van der Waals surface area (Å²) in [4.78, 5) is 2.05. The van der Waals surface area contributed by atoms with Crippen LogP contribution in [0.4, 0.5) is 0 Å². The first-order valence-corrected chi connectivity index (χ1v) is 5.80. The Morgan fingerprint density at radius 3 is 2.85 bits per heavy atom. The highest BCUT2D eigenvalue weighted by molar-refractivity contribution is 7.88. The molecule has 0 radical (unpaired) electrons. The van der Waals surface area contributed by atoms with E-state index in [0.717, 1.165) is 12.7 Å². The molecule has 0 saturated carbocycles. The lowest BCUT2D eigenvalue weighted by molar-refractivity contribution is 0.590. The Labute approximate surface area is 78.1 Å². The normalized spacial score (nSPS) is 22.4. The van der Waals surface area contributed by atoms with E-state index in [0.29, 0.717) is 0 Å². The Kier molecular flexibility index (Phi) is 3.25. The van der Waals surface area contributed by atoms with Gasteiger partial charge in [0.1, 0.15) is 0 Å². The molecule has 0 fully saturated rings. The van der Waals surface area contributed by atoms with Crippen LogP contribution in [0.5, 0.6) is 0 Å². The molecule has 0 aromatic carbocycles. The van der Waals surface area contributed by atoms with Gasteiger partial charge in [0, 0.05) is 12.1 Å². The van der Waals surface area contributed by atoms with Gasteiger partial charge in [-0.3, -0.25) is 0 Å². The Morgan fingerprint density at radius 1 is 1.54 bits per heavy atom. The first-order valence-electron chi connectivity index (χ1n) is 3.91. The van der Waals surface area contributed by atoms with Gasteiger partial charge < -0.3 is 0 Å². The standard InChI is InChI=1S/C8H12N2O2S/c1-13(11,12)10-9-7-8-5-3-2-4-6-8/h2-5,7-8,10H,6H2,1H3/b9-7-/t8-/m1/s1. The van der Waals surface area contributed by atoms with Crippen LogP contribution in [0.2, 0.25) is 0 Å². The molecule has 0 heterocycles. The molecule has 0 bridgehead atoms. The maximum Gasteiger partial charge on any atom is 0.244 e. The third-order valence-electron chi connectivity index (χ3n) is 1.50. The largest absolute Gasteiger partial charge is 0.244 e. The van der Waals surface area contributed by atoms with Gasteiger partial charge in [-0.1, -0.05) is 24.3 Å². The van der Waals surface area contributed by atoms with E-state index in [1.807, 2.05) is 24.3 Å². The van der Waals surface area contributed by atoms with Crippen LogP contribution in [0.1, 0.15) is 6.42 Å². The minimum Gasteiger partial charge on any atom is -0.206 e. The van der Waals surface area contributed by atoms with Crippen LogP contribution in [0.25, 0.3) is 0 Å². The molecule has 72 valence electrons. The zero-order chi connectivity index (χ0) is 9.73. The van der Waals surface area contributed by atoms with Crippen LogP contribution in [0.3, 0.4) is 0 Å². The van der Waals surface area contributed by atoms with Crippen molar-refractivity contribution in [1.82, 2.24) is 4.83 Å². The summed E-state index contributed by atoms with van der Waals surface area (Å²) in [5.74, 6) is 0.194. The fraction of sp³-hybridized carbons (Fsp3) is 0.375. The van der Waals surface area contributed by atoms with Crippen molar-refractivity contribution in [3.05, 3.63) is 24.3 Å². The Balaban J connectivity index is 2.41. The van der Waals surface area contributed by atoms with Gasteiger partial charge in [-0.25, -0.2) is 13.2 Å². The number of hydrazone groups is 1. The second-order valence-electron chi connectivity index (χ2n) is 2.85. The van der Waals surface area contributed by atoms with Crippen LogP contribution in [-0.2, 0) is 10.0 Å². The van der Waals surface area contributed by atoms with E-state index in [1.165, 1.54) is 0 Å². The molecule has 1 atom stereocenters. The van der Waals surface area contributed by atoms with E-state index < -0.39 is 10.0 Å². The molecule has 13 heavy (non-hydrogen) atoms. The molecule has 0 spiro atoms. The molecule has 4 nitrogen and oxygen atoms in total. The number of hydrogen-bond donors (Lipinski definition) is 1. The molecule has 0 unspecified atom stereocenters. The van der Waals surface area contributed by atoms with Crippen molar-refractivity contribution in [2.75, 3.05) is 6.26 Å². The van der Waals surface area contributed by atoms with E-state index in [-0.39, 0.29) is 5.92 Å². The van der Waals surface area contributed by atoms with E-state index in [1.54, 1.807) is 6.21 Å². The summed E-state index contributed by atoms with van der Waals surface area (Å²) in [6.07, 6.45) is 11.4. The lowest BCUT2D eigenvalue weighted by Crippen LogP contribution is -2.16. The topological polar surface area (TPSA) is 58.5 Å². The molecule has 1 rings (SSSR count). The summed E-state index contributed by atoms with van der Waals surface area (Å²) in [5.41, 5.74) is 0. The Hall–Kier alpha value is -1.10. The average molecular weight is 200 g/mol. The summed E-state index contributed by atoms with van der Waals surface area (Å²) in [6.45, 7) is 0. The van der Waals surface area contributed by atoms with Crippen LogP contribution in [0, 0.1) is 5.92 Å². The number of sulfonamides is 1. The average Bonchev–Trinajstić information content (AvgIpc) is 2.04. The molecule has 0 aromatic heterocycles. The van der Waals surface area contributed by atoms with Crippen molar-refractivity contribution in [3.8, 4) is 0 Å². The van der Waals surface area contributed by atoms with Crippen molar-refractivity contribution >= 4 is 16.2 Å². The molecule has 0 aliphatic heterocycles. The molecule has 1 aliphatic carbocycles. The van der Waals surface area contributed by atoms with E-state index in [4.69, 9.17) is 0 Å². The quantitative estimate of drug-likeness (QED) is 0.537. The summed E-state index contributed by atoms with van der Waals surface area (Å²) >= 11 is 0. The van der Waals surface area contributed by atoms with Gasteiger partial charge in [0.05, 0.1) is 6.26 Å². The number of nitrogens with zero attached hydrogens (tertiary/aromatic N) is 1. The first kappa shape index (κ1) is 9.98. The van der Waals surface area contributed by atoms with Gasteiger partial charge in [-0.05, 0) is 6.42 Å². The summed E-state index contributed by atoms with van der Waals surface area (Å²) in [5, 5.41) is 3.62. The fourth-order valence-electron chi connectivity index (χ4n) is 0.932. The number of hydrogen-bond acceptors (Lipinski definition) is 3. The lowest BCUT2D eigenvalue weighted by Gasteiger charge is -2.05. The maximum absolute atomic E-state index is 10.6. The van der Waals surface area contributed by atoms with Crippen molar-refractivity contribution in [2.45, 2.75) is 6.42 Å². The molecular formula is C8H12N2O2S. The predicted octanol–water partition coefficient (Wildman–Crippen LogP) is 0.654. The molecule has 0 saturated heterocycles. The third-order valence-corrected chi connectivity index (χ3v) is 1.94. The lowest BCUT2D eigenvalue weighted by atomic mass is 10.0. The second kappa shape index (κ2) is 4.23. The molecule has 0 amide bonds. The Bertz CT molecular complexity index is 341. The molecule has 1 N–H and O–H groups in total. The molecule has 5 heteroatoms. The van der Waals surface area contributed by atoms with Crippen molar-refractivity contribution in [2.24, 2.45) is 11.0 Å².